The Morgan fingerprint density at radius 1 is 1.04 bits per heavy atom. The standard InChI is InChI=1S/C18H25N3O3S/c1-5-14-10-9-11-15(6-2)17(14)25(23,24)16-12-13-21(19-16)18(22)20(7-3)8-4/h9-13H,5-8H2,1-4H3. The average molecular weight is 363 g/mol. The Kier molecular flexibility index (Phi) is 6.00. The molecule has 0 aliphatic carbocycles. The lowest BCUT2D eigenvalue weighted by Crippen LogP contribution is -2.34. The first-order valence-corrected chi connectivity index (χ1v) is 10.1. The number of carbonyl (C=O) groups excluding carboxylic acids is 1. The van der Waals surface area contributed by atoms with Crippen LogP contribution in [0.4, 0.5) is 4.79 Å². The maximum Gasteiger partial charge on any atom is 0.344 e. The maximum atomic E-state index is 13.1. The van der Waals surface area contributed by atoms with E-state index in [9.17, 15) is 13.2 Å². The highest BCUT2D eigenvalue weighted by Gasteiger charge is 2.27. The number of amides is 1. The SMILES string of the molecule is CCc1cccc(CC)c1S(=O)(=O)c1ccn(C(=O)N(CC)CC)n1. The van der Waals surface area contributed by atoms with Crippen LogP contribution >= 0.6 is 0 Å². The molecule has 136 valence electrons. The first kappa shape index (κ1) is 19.2. The topological polar surface area (TPSA) is 72.3 Å². The number of benzene rings is 1. The lowest BCUT2D eigenvalue weighted by atomic mass is 10.1. The first-order valence-electron chi connectivity index (χ1n) is 8.61. The van der Waals surface area contributed by atoms with Gasteiger partial charge in [0.1, 0.15) is 0 Å². The average Bonchev–Trinajstić information content (AvgIpc) is 3.12. The molecule has 0 spiro atoms. The molecule has 0 saturated heterocycles. The number of rotatable bonds is 6. The van der Waals surface area contributed by atoms with Crippen molar-refractivity contribution in [3.63, 3.8) is 0 Å². The Hall–Kier alpha value is -2.15. The molecule has 0 aliphatic heterocycles. The van der Waals surface area contributed by atoms with E-state index in [-0.39, 0.29) is 11.1 Å². The van der Waals surface area contributed by atoms with Gasteiger partial charge in [-0.1, -0.05) is 32.0 Å². The Bertz CT molecular complexity index is 830. The van der Waals surface area contributed by atoms with E-state index < -0.39 is 9.84 Å². The molecule has 2 aromatic rings. The fourth-order valence-electron chi connectivity index (χ4n) is 2.84. The number of carbonyl (C=O) groups is 1. The first-order chi connectivity index (χ1) is 11.9. The largest absolute Gasteiger partial charge is 0.344 e. The number of hydrogen-bond acceptors (Lipinski definition) is 4. The van der Waals surface area contributed by atoms with Crippen molar-refractivity contribution in [2.24, 2.45) is 0 Å². The Labute approximate surface area is 149 Å². The van der Waals surface area contributed by atoms with E-state index in [1.165, 1.54) is 12.3 Å². The second kappa shape index (κ2) is 7.82. The van der Waals surface area contributed by atoms with Gasteiger partial charge >= 0.3 is 6.03 Å². The van der Waals surface area contributed by atoms with Crippen LogP contribution in [-0.2, 0) is 22.7 Å². The van der Waals surface area contributed by atoms with Gasteiger partial charge in [-0.15, -0.1) is 0 Å². The molecule has 1 heterocycles. The van der Waals surface area contributed by atoms with Crippen molar-refractivity contribution in [3.05, 3.63) is 41.6 Å². The molecule has 0 saturated carbocycles. The minimum atomic E-state index is -3.78. The van der Waals surface area contributed by atoms with Crippen LogP contribution in [0.3, 0.4) is 0 Å². The molecular weight excluding hydrogens is 338 g/mol. The highest BCUT2D eigenvalue weighted by atomic mass is 32.2. The fraction of sp³-hybridized carbons (Fsp3) is 0.444. The Morgan fingerprint density at radius 2 is 1.60 bits per heavy atom. The van der Waals surface area contributed by atoms with Gasteiger partial charge in [0.2, 0.25) is 9.84 Å². The second-order valence-corrected chi connectivity index (χ2v) is 7.50. The van der Waals surface area contributed by atoms with E-state index >= 15 is 0 Å². The lowest BCUT2D eigenvalue weighted by molar-refractivity contribution is 0.201. The zero-order valence-corrected chi connectivity index (χ0v) is 16.0. The highest BCUT2D eigenvalue weighted by Crippen LogP contribution is 2.27. The smallest absolute Gasteiger partial charge is 0.323 e. The molecule has 25 heavy (non-hydrogen) atoms. The van der Waals surface area contributed by atoms with Crippen LogP contribution in [0.2, 0.25) is 0 Å². The molecule has 1 aromatic carbocycles. The molecule has 0 radical (unpaired) electrons. The third-order valence-electron chi connectivity index (χ3n) is 4.28. The zero-order chi connectivity index (χ0) is 18.6. The summed E-state index contributed by atoms with van der Waals surface area (Å²) in [7, 11) is -3.78. The van der Waals surface area contributed by atoms with Crippen molar-refractivity contribution in [2.75, 3.05) is 13.1 Å². The van der Waals surface area contributed by atoms with Gasteiger partial charge in [-0.25, -0.2) is 13.2 Å². The van der Waals surface area contributed by atoms with Crippen molar-refractivity contribution in [2.45, 2.75) is 50.5 Å². The second-order valence-electron chi connectivity index (χ2n) is 5.67. The van der Waals surface area contributed by atoms with Gasteiger partial charge in [0.05, 0.1) is 4.90 Å². The minimum Gasteiger partial charge on any atom is -0.323 e. The molecule has 0 bridgehead atoms. The minimum absolute atomic E-state index is 0.0939. The maximum absolute atomic E-state index is 13.1. The van der Waals surface area contributed by atoms with Gasteiger partial charge in [-0.2, -0.15) is 9.78 Å². The van der Waals surface area contributed by atoms with Crippen molar-refractivity contribution in [1.82, 2.24) is 14.7 Å². The summed E-state index contributed by atoms with van der Waals surface area (Å²) >= 11 is 0. The summed E-state index contributed by atoms with van der Waals surface area (Å²) in [5.41, 5.74) is 1.54. The molecule has 1 aromatic heterocycles. The summed E-state index contributed by atoms with van der Waals surface area (Å²) in [6.07, 6.45) is 2.64. The number of aromatic nitrogens is 2. The van der Waals surface area contributed by atoms with Gasteiger partial charge in [-0.3, -0.25) is 0 Å². The monoisotopic (exact) mass is 363 g/mol. The Morgan fingerprint density at radius 3 is 2.08 bits per heavy atom. The van der Waals surface area contributed by atoms with E-state index in [4.69, 9.17) is 0 Å². The molecule has 1 amide bonds. The van der Waals surface area contributed by atoms with Crippen LogP contribution in [0, 0.1) is 0 Å². The van der Waals surface area contributed by atoms with Crippen molar-refractivity contribution in [3.8, 4) is 0 Å². The summed E-state index contributed by atoms with van der Waals surface area (Å²) in [6, 6.07) is 6.58. The van der Waals surface area contributed by atoms with Crippen LogP contribution in [0.25, 0.3) is 0 Å². The van der Waals surface area contributed by atoms with E-state index in [0.29, 0.717) is 30.8 Å². The summed E-state index contributed by atoms with van der Waals surface area (Å²) in [5, 5.41) is 3.97. The summed E-state index contributed by atoms with van der Waals surface area (Å²) in [6.45, 7) is 8.67. The molecule has 2 rings (SSSR count). The van der Waals surface area contributed by atoms with Crippen LogP contribution in [0.1, 0.15) is 38.8 Å². The highest BCUT2D eigenvalue weighted by molar-refractivity contribution is 7.91. The third kappa shape index (κ3) is 3.61. The number of sulfone groups is 1. The molecule has 0 N–H and O–H groups in total. The van der Waals surface area contributed by atoms with E-state index in [2.05, 4.69) is 5.10 Å². The fourth-order valence-corrected chi connectivity index (χ4v) is 4.60. The van der Waals surface area contributed by atoms with Crippen LogP contribution in [-0.4, -0.2) is 42.2 Å². The predicted octanol–water partition coefficient (Wildman–Crippen LogP) is 3.15. The van der Waals surface area contributed by atoms with Gasteiger partial charge in [0.25, 0.3) is 0 Å². The van der Waals surface area contributed by atoms with Crippen molar-refractivity contribution < 1.29 is 13.2 Å². The van der Waals surface area contributed by atoms with E-state index in [0.717, 1.165) is 15.8 Å². The molecule has 7 heteroatoms. The third-order valence-corrected chi connectivity index (χ3v) is 6.11. The van der Waals surface area contributed by atoms with E-state index in [1.807, 2.05) is 45.9 Å². The van der Waals surface area contributed by atoms with Gasteiger partial charge in [0, 0.05) is 19.3 Å². The van der Waals surface area contributed by atoms with Gasteiger partial charge < -0.3 is 4.90 Å². The molecule has 0 fully saturated rings. The molecule has 6 nitrogen and oxygen atoms in total. The van der Waals surface area contributed by atoms with Gasteiger partial charge in [-0.05, 0) is 43.9 Å². The number of nitrogens with zero attached hydrogens (tertiary/aromatic N) is 3. The van der Waals surface area contributed by atoms with E-state index in [1.54, 1.807) is 4.90 Å². The number of hydrogen-bond donors (Lipinski definition) is 0. The molecule has 0 unspecified atom stereocenters. The number of aryl methyl sites for hydroxylation is 2. The Balaban J connectivity index is 2.51. The normalized spacial score (nSPS) is 11.5. The molecule has 0 atom stereocenters. The molecule has 0 aliphatic rings. The summed E-state index contributed by atoms with van der Waals surface area (Å²) < 4.78 is 27.4. The van der Waals surface area contributed by atoms with Crippen molar-refractivity contribution >= 4 is 15.9 Å². The lowest BCUT2D eigenvalue weighted by Gasteiger charge is -2.17. The zero-order valence-electron chi connectivity index (χ0n) is 15.2. The van der Waals surface area contributed by atoms with Gasteiger partial charge in [0.15, 0.2) is 5.03 Å². The van der Waals surface area contributed by atoms with Crippen LogP contribution in [0.15, 0.2) is 40.4 Å². The van der Waals surface area contributed by atoms with Crippen LogP contribution in [0.5, 0.6) is 0 Å². The molecular formula is C18H25N3O3S. The van der Waals surface area contributed by atoms with Crippen molar-refractivity contribution in [1.29, 1.82) is 0 Å². The predicted molar refractivity (Wildman–Crippen MR) is 96.6 cm³/mol. The quantitative estimate of drug-likeness (QED) is 0.790. The summed E-state index contributed by atoms with van der Waals surface area (Å²) in [4.78, 5) is 14.3. The van der Waals surface area contributed by atoms with Crippen LogP contribution < -0.4 is 0 Å². The summed E-state index contributed by atoms with van der Waals surface area (Å²) in [5.74, 6) is 0.